The van der Waals surface area contributed by atoms with Crippen LogP contribution in [0, 0.1) is 6.92 Å². The lowest BCUT2D eigenvalue weighted by atomic mass is 10.1. The lowest BCUT2D eigenvalue weighted by Crippen LogP contribution is -2.27. The van der Waals surface area contributed by atoms with E-state index in [1.165, 1.54) is 0 Å². The summed E-state index contributed by atoms with van der Waals surface area (Å²) in [4.78, 5) is 23.2. The van der Waals surface area contributed by atoms with Crippen molar-refractivity contribution in [2.75, 3.05) is 30.9 Å². The van der Waals surface area contributed by atoms with Crippen LogP contribution in [0.25, 0.3) is 0 Å². The zero-order valence-electron chi connectivity index (χ0n) is 16.3. The van der Waals surface area contributed by atoms with Crippen molar-refractivity contribution in [3.63, 3.8) is 0 Å². The molecular weight excluding hydrogens is 352 g/mol. The molecule has 0 unspecified atom stereocenters. The molecule has 28 heavy (non-hydrogen) atoms. The van der Waals surface area contributed by atoms with Gasteiger partial charge in [0.1, 0.15) is 11.4 Å². The Hall–Kier alpha value is -3.41. The minimum atomic E-state index is -0.176. The number of carbonyl (C=O) groups is 1. The number of rotatable bonds is 7. The lowest BCUT2D eigenvalue weighted by Gasteiger charge is -2.17. The van der Waals surface area contributed by atoms with Gasteiger partial charge >= 0.3 is 0 Å². The molecule has 0 aliphatic carbocycles. The minimum absolute atomic E-state index is 0.176. The monoisotopic (exact) mass is 376 g/mol. The first kappa shape index (κ1) is 19.4. The molecule has 1 aromatic heterocycles. The molecule has 0 spiro atoms. The van der Waals surface area contributed by atoms with E-state index >= 15 is 0 Å². The van der Waals surface area contributed by atoms with Crippen LogP contribution in [0.15, 0.2) is 60.7 Å². The summed E-state index contributed by atoms with van der Waals surface area (Å²) in [5.74, 6) is 1.12. The summed E-state index contributed by atoms with van der Waals surface area (Å²) in [5.41, 5.74) is 3.01. The largest absolute Gasteiger partial charge is 0.496 e. The predicted octanol–water partition coefficient (Wildman–Crippen LogP) is 3.72. The summed E-state index contributed by atoms with van der Waals surface area (Å²) in [7, 11) is 3.40. The second-order valence-corrected chi connectivity index (χ2v) is 6.41. The number of carbonyl (C=O) groups excluding carboxylic acids is 1. The number of methoxy groups -OCH3 is 1. The number of hydrogen-bond acceptors (Lipinski definition) is 5. The number of hydrogen-bond donors (Lipinski definition) is 1. The summed E-state index contributed by atoms with van der Waals surface area (Å²) in [6.07, 6.45) is 0.758. The average Bonchev–Trinajstić information content (AvgIpc) is 2.73. The molecule has 6 heteroatoms. The molecular formula is C22H24N4O2. The zero-order chi connectivity index (χ0) is 19.9. The highest BCUT2D eigenvalue weighted by Crippen LogP contribution is 2.18. The quantitative estimate of drug-likeness (QED) is 0.681. The number of nitrogens with one attached hydrogen (secondary N) is 1. The highest BCUT2D eigenvalue weighted by Gasteiger charge is 2.16. The highest BCUT2D eigenvalue weighted by molar-refractivity contribution is 6.04. The number of ether oxygens (including phenoxy) is 1. The molecule has 0 aliphatic rings. The van der Waals surface area contributed by atoms with Crippen LogP contribution >= 0.6 is 0 Å². The van der Waals surface area contributed by atoms with E-state index in [1.54, 1.807) is 25.1 Å². The van der Waals surface area contributed by atoms with Gasteiger partial charge < -0.3 is 15.0 Å². The van der Waals surface area contributed by atoms with Gasteiger partial charge in [-0.05, 0) is 43.2 Å². The van der Waals surface area contributed by atoms with Crippen molar-refractivity contribution < 1.29 is 9.53 Å². The van der Waals surface area contributed by atoms with Gasteiger partial charge in [-0.1, -0.05) is 36.4 Å². The molecule has 0 fully saturated rings. The normalized spacial score (nSPS) is 10.4. The third-order valence-electron chi connectivity index (χ3n) is 4.39. The molecule has 0 bridgehead atoms. The van der Waals surface area contributed by atoms with Gasteiger partial charge in [0.25, 0.3) is 5.91 Å². The van der Waals surface area contributed by atoms with Crippen LogP contribution < -0.4 is 15.0 Å². The summed E-state index contributed by atoms with van der Waals surface area (Å²) >= 11 is 0. The second-order valence-electron chi connectivity index (χ2n) is 6.41. The van der Waals surface area contributed by atoms with E-state index in [-0.39, 0.29) is 5.91 Å². The first-order chi connectivity index (χ1) is 13.6. The van der Waals surface area contributed by atoms with E-state index in [0.29, 0.717) is 18.2 Å². The van der Waals surface area contributed by atoms with Gasteiger partial charge in [-0.2, -0.15) is 0 Å². The van der Waals surface area contributed by atoms with Gasteiger partial charge in [0.05, 0.1) is 7.11 Å². The number of anilines is 2. The maximum atomic E-state index is 12.8. The van der Waals surface area contributed by atoms with E-state index in [9.17, 15) is 4.79 Å². The number of nitrogens with zero attached hydrogens (tertiary/aromatic N) is 3. The van der Waals surface area contributed by atoms with E-state index in [0.717, 1.165) is 29.1 Å². The van der Waals surface area contributed by atoms with E-state index < -0.39 is 0 Å². The third kappa shape index (κ3) is 4.65. The predicted molar refractivity (Wildman–Crippen MR) is 111 cm³/mol. The van der Waals surface area contributed by atoms with Crippen LogP contribution in [-0.4, -0.2) is 36.6 Å². The number of aryl methyl sites for hydroxylation is 1. The molecule has 3 rings (SSSR count). The van der Waals surface area contributed by atoms with Crippen molar-refractivity contribution >= 4 is 17.5 Å². The first-order valence-corrected chi connectivity index (χ1v) is 9.13. The average molecular weight is 376 g/mol. The fourth-order valence-corrected chi connectivity index (χ4v) is 2.92. The number of benzene rings is 2. The molecule has 0 saturated carbocycles. The number of aromatic nitrogens is 2. The third-order valence-corrected chi connectivity index (χ3v) is 4.39. The molecule has 0 aliphatic heterocycles. The van der Waals surface area contributed by atoms with Crippen LogP contribution in [0.4, 0.5) is 11.6 Å². The van der Waals surface area contributed by atoms with Gasteiger partial charge in [-0.3, -0.25) is 4.79 Å². The number of para-hydroxylation sites is 2. The summed E-state index contributed by atoms with van der Waals surface area (Å²) in [5, 5.41) is 3.21. The molecule has 2 aromatic carbocycles. The summed E-state index contributed by atoms with van der Waals surface area (Å²) in [6.45, 7) is 2.48. The Balaban J connectivity index is 1.70. The minimum Gasteiger partial charge on any atom is -0.496 e. The van der Waals surface area contributed by atoms with Crippen molar-refractivity contribution in [3.8, 4) is 5.75 Å². The molecule has 0 saturated heterocycles. The van der Waals surface area contributed by atoms with Crippen molar-refractivity contribution in [3.05, 3.63) is 77.6 Å². The molecule has 1 N–H and O–H groups in total. The van der Waals surface area contributed by atoms with Gasteiger partial charge in [-0.15, -0.1) is 0 Å². The van der Waals surface area contributed by atoms with Crippen molar-refractivity contribution in [1.29, 1.82) is 0 Å². The Labute approximate surface area is 165 Å². The topological polar surface area (TPSA) is 67.3 Å². The van der Waals surface area contributed by atoms with E-state index in [1.807, 2.05) is 61.5 Å². The fraction of sp³-hybridized carbons (Fsp3) is 0.227. The van der Waals surface area contributed by atoms with Crippen molar-refractivity contribution in [1.82, 2.24) is 9.97 Å². The van der Waals surface area contributed by atoms with Gasteiger partial charge in [0, 0.05) is 25.0 Å². The molecule has 0 radical (unpaired) electrons. The Morgan fingerprint density at radius 1 is 1.07 bits per heavy atom. The standard InChI is InChI=1S/C22H24N4O2/c1-16-15-19(21(27)26(2)18-10-5-4-6-11-18)25-22(24-16)23-14-13-17-9-7-8-12-20(17)28-3/h4-12,15H,13-14H2,1-3H3,(H,23,24,25). The Morgan fingerprint density at radius 3 is 2.54 bits per heavy atom. The number of amides is 1. The highest BCUT2D eigenvalue weighted by atomic mass is 16.5. The summed E-state index contributed by atoms with van der Waals surface area (Å²) in [6, 6.07) is 19.1. The lowest BCUT2D eigenvalue weighted by molar-refractivity contribution is 0.0988. The Morgan fingerprint density at radius 2 is 1.79 bits per heavy atom. The van der Waals surface area contributed by atoms with E-state index in [2.05, 4.69) is 15.3 Å². The zero-order valence-corrected chi connectivity index (χ0v) is 16.3. The van der Waals surface area contributed by atoms with Gasteiger partial charge in [-0.25, -0.2) is 9.97 Å². The Bertz CT molecular complexity index is 944. The van der Waals surface area contributed by atoms with Crippen LogP contribution in [-0.2, 0) is 6.42 Å². The van der Waals surface area contributed by atoms with Crippen LogP contribution in [0.2, 0.25) is 0 Å². The molecule has 6 nitrogen and oxygen atoms in total. The SMILES string of the molecule is COc1ccccc1CCNc1nc(C)cc(C(=O)N(C)c2ccccc2)n1. The van der Waals surface area contributed by atoms with Crippen LogP contribution in [0.5, 0.6) is 5.75 Å². The summed E-state index contributed by atoms with van der Waals surface area (Å²) < 4.78 is 5.38. The second kappa shape index (κ2) is 8.99. The van der Waals surface area contributed by atoms with Crippen LogP contribution in [0.1, 0.15) is 21.7 Å². The van der Waals surface area contributed by atoms with Crippen molar-refractivity contribution in [2.45, 2.75) is 13.3 Å². The molecule has 1 amide bonds. The van der Waals surface area contributed by atoms with Gasteiger partial charge in [0.15, 0.2) is 0 Å². The van der Waals surface area contributed by atoms with E-state index in [4.69, 9.17) is 4.74 Å². The molecule has 1 heterocycles. The molecule has 144 valence electrons. The smallest absolute Gasteiger partial charge is 0.276 e. The maximum absolute atomic E-state index is 12.8. The Kier molecular flexibility index (Phi) is 6.22. The fourth-order valence-electron chi connectivity index (χ4n) is 2.92. The maximum Gasteiger partial charge on any atom is 0.276 e. The first-order valence-electron chi connectivity index (χ1n) is 9.13. The van der Waals surface area contributed by atoms with Crippen molar-refractivity contribution in [2.24, 2.45) is 0 Å². The molecule has 0 atom stereocenters. The van der Waals surface area contributed by atoms with Crippen LogP contribution in [0.3, 0.4) is 0 Å². The van der Waals surface area contributed by atoms with Gasteiger partial charge in [0.2, 0.25) is 5.95 Å². The molecule has 3 aromatic rings.